The quantitative estimate of drug-likeness (QED) is 0.181. The normalized spacial score (nSPS) is 18.3. The van der Waals surface area contributed by atoms with Crippen molar-refractivity contribution in [2.75, 3.05) is 103 Å². The molecule has 16 heteroatoms. The lowest BCUT2D eigenvalue weighted by atomic mass is 9.99. The third-order valence-corrected chi connectivity index (χ3v) is 11.0. The fourth-order valence-corrected chi connectivity index (χ4v) is 7.79. The van der Waals surface area contributed by atoms with Crippen LogP contribution in [0.4, 0.5) is 11.6 Å². The van der Waals surface area contributed by atoms with E-state index in [1.807, 2.05) is 24.3 Å². The summed E-state index contributed by atoms with van der Waals surface area (Å²) in [6.45, 7) is 8.31. The molecule has 15 nitrogen and oxygen atoms in total. The van der Waals surface area contributed by atoms with Gasteiger partial charge in [-0.25, -0.2) is 9.97 Å². The Kier molecular flexibility index (Phi) is 14.6. The van der Waals surface area contributed by atoms with Gasteiger partial charge in [0, 0.05) is 39.0 Å². The van der Waals surface area contributed by atoms with Gasteiger partial charge in [-0.2, -0.15) is 0 Å². The van der Waals surface area contributed by atoms with Gasteiger partial charge in [-0.1, -0.05) is 35.9 Å². The number of carbonyl (C=O) groups excluding carboxylic acids is 3. The first-order valence-corrected chi connectivity index (χ1v) is 19.9. The number of hydrogen-bond donors (Lipinski definition) is 3. The van der Waals surface area contributed by atoms with E-state index in [-0.39, 0.29) is 53.6 Å². The van der Waals surface area contributed by atoms with Gasteiger partial charge in [-0.3, -0.25) is 14.4 Å². The minimum absolute atomic E-state index is 0.00980. The van der Waals surface area contributed by atoms with Crippen molar-refractivity contribution in [1.82, 2.24) is 25.1 Å². The number of rotatable bonds is 16. The van der Waals surface area contributed by atoms with E-state index in [9.17, 15) is 14.4 Å². The number of aryl methyl sites for hydroxylation is 2. The first-order chi connectivity index (χ1) is 27.2. The molecule has 0 bridgehead atoms. The summed E-state index contributed by atoms with van der Waals surface area (Å²) in [5.41, 5.74) is 14.1. The Bertz CT molecular complexity index is 1690. The van der Waals surface area contributed by atoms with Crippen LogP contribution in [0.1, 0.15) is 47.3 Å². The predicted octanol–water partition coefficient (Wildman–Crippen LogP) is 2.74. The number of halogens is 1. The Morgan fingerprint density at radius 1 is 0.768 bits per heavy atom. The standard InChI is InChI=1S/C40H53ClN8O7/c41-37-39(43)46-38(42)36(45-37)40(52)44-31-6-3-21-49(26-31,19-1-4-29-7-11-32(12-8-29)55-27-34(50)47-15-22-53-23-16-47)20-2-5-30-9-13-33(14-10-30)56-28-35(51)48-17-24-54-25-18-48/h7-14,31H,1-6,15-28H2,(H4-,42,43,44,46,52)/p+1. The first-order valence-electron chi connectivity index (χ1n) is 19.6. The molecule has 1 atom stereocenters. The zero-order valence-corrected chi connectivity index (χ0v) is 32.7. The molecule has 0 aliphatic carbocycles. The Hall–Kier alpha value is -4.70. The molecule has 5 N–H and O–H groups in total. The van der Waals surface area contributed by atoms with Crippen LogP contribution in [0, 0.1) is 0 Å². The molecule has 4 heterocycles. The summed E-state index contributed by atoms with van der Waals surface area (Å²) in [4.78, 5) is 49.9. The van der Waals surface area contributed by atoms with E-state index in [0.717, 1.165) is 69.2 Å². The smallest absolute Gasteiger partial charge is 0.274 e. The fourth-order valence-electron chi connectivity index (χ4n) is 7.66. The van der Waals surface area contributed by atoms with E-state index in [1.54, 1.807) is 9.80 Å². The van der Waals surface area contributed by atoms with E-state index >= 15 is 0 Å². The van der Waals surface area contributed by atoms with Crippen molar-refractivity contribution in [2.24, 2.45) is 0 Å². The zero-order chi connectivity index (χ0) is 39.3. The van der Waals surface area contributed by atoms with E-state index in [4.69, 9.17) is 42.0 Å². The van der Waals surface area contributed by atoms with Crippen molar-refractivity contribution in [2.45, 2.75) is 44.6 Å². The summed E-state index contributed by atoms with van der Waals surface area (Å²) in [6, 6.07) is 15.9. The maximum atomic E-state index is 13.3. The second-order valence-corrected chi connectivity index (χ2v) is 15.1. The van der Waals surface area contributed by atoms with Gasteiger partial charge in [0.2, 0.25) is 0 Å². The van der Waals surface area contributed by atoms with Crippen LogP contribution in [0.25, 0.3) is 0 Å². The van der Waals surface area contributed by atoms with Crippen LogP contribution in [0.2, 0.25) is 5.15 Å². The topological polar surface area (TPSA) is 184 Å². The molecule has 3 saturated heterocycles. The number of hydrogen-bond acceptors (Lipinski definition) is 11. The second-order valence-electron chi connectivity index (χ2n) is 14.7. The summed E-state index contributed by atoms with van der Waals surface area (Å²) >= 11 is 6.08. The van der Waals surface area contributed by atoms with Crippen LogP contribution in [0.5, 0.6) is 11.5 Å². The third-order valence-electron chi connectivity index (χ3n) is 10.7. The molecule has 3 aliphatic heterocycles. The molecule has 3 amide bonds. The number of nitrogens with one attached hydrogen (secondary N) is 1. The van der Waals surface area contributed by atoms with E-state index in [0.29, 0.717) is 64.1 Å². The molecule has 3 aliphatic rings. The van der Waals surface area contributed by atoms with Gasteiger partial charge < -0.3 is 50.0 Å². The molecule has 3 fully saturated rings. The lowest BCUT2D eigenvalue weighted by Crippen LogP contribution is -2.60. The molecular formula is C40H54ClN8O7+. The predicted molar refractivity (Wildman–Crippen MR) is 211 cm³/mol. The van der Waals surface area contributed by atoms with Crippen LogP contribution >= 0.6 is 11.6 Å². The van der Waals surface area contributed by atoms with E-state index in [1.165, 1.54) is 11.1 Å². The van der Waals surface area contributed by atoms with Gasteiger partial charge in [-0.05, 0) is 61.1 Å². The number of nitrogens with two attached hydrogens (primary N) is 2. The maximum absolute atomic E-state index is 13.3. The second kappa shape index (κ2) is 19.9. The monoisotopic (exact) mass is 793 g/mol. The Labute approximate surface area is 333 Å². The number of ether oxygens (including phenoxy) is 4. The molecule has 2 aromatic carbocycles. The summed E-state index contributed by atoms with van der Waals surface area (Å²) in [7, 11) is 0. The van der Waals surface area contributed by atoms with Gasteiger partial charge >= 0.3 is 0 Å². The number of aromatic nitrogens is 2. The van der Waals surface area contributed by atoms with Crippen molar-refractivity contribution in [3.63, 3.8) is 0 Å². The molecule has 6 rings (SSSR count). The summed E-state index contributed by atoms with van der Waals surface area (Å²) in [5, 5.41) is 3.10. The molecule has 56 heavy (non-hydrogen) atoms. The highest BCUT2D eigenvalue weighted by molar-refractivity contribution is 6.31. The number of piperidine rings is 1. The van der Waals surface area contributed by atoms with Crippen LogP contribution < -0.4 is 26.3 Å². The molecule has 3 aromatic rings. The van der Waals surface area contributed by atoms with Gasteiger partial charge in [-0.15, -0.1) is 0 Å². The summed E-state index contributed by atoms with van der Waals surface area (Å²) in [6.07, 6.45) is 5.48. The van der Waals surface area contributed by atoms with Crippen molar-refractivity contribution < 1.29 is 37.8 Å². The third kappa shape index (κ3) is 11.7. The zero-order valence-electron chi connectivity index (χ0n) is 32.0. The van der Waals surface area contributed by atoms with Gasteiger partial charge in [0.05, 0.1) is 58.6 Å². The van der Waals surface area contributed by atoms with Crippen molar-refractivity contribution in [3.8, 4) is 11.5 Å². The fraction of sp³-hybridized carbons (Fsp3) is 0.525. The van der Waals surface area contributed by atoms with Crippen LogP contribution in [-0.4, -0.2) is 140 Å². The minimum atomic E-state index is -0.412. The Morgan fingerprint density at radius 3 is 1.77 bits per heavy atom. The highest BCUT2D eigenvalue weighted by Gasteiger charge is 2.36. The number of amides is 3. The lowest BCUT2D eigenvalue weighted by Gasteiger charge is -2.45. The SMILES string of the molecule is Nc1nc(N)c(C(=O)NC2CCC[N+](CCCc3ccc(OCC(=O)N4CCOCC4)cc3)(CCCc3ccc(OCC(=O)N4CCOCC4)cc3)C2)nc1Cl. The Morgan fingerprint density at radius 2 is 1.27 bits per heavy atom. The number of anilines is 2. The number of likely N-dealkylation sites (tertiary alicyclic amines) is 1. The van der Waals surface area contributed by atoms with Crippen molar-refractivity contribution in [3.05, 3.63) is 70.5 Å². The Balaban J connectivity index is 1.04. The van der Waals surface area contributed by atoms with Crippen molar-refractivity contribution >= 4 is 41.0 Å². The first kappa shape index (κ1) is 40.9. The molecule has 1 unspecified atom stereocenters. The van der Waals surface area contributed by atoms with Gasteiger partial charge in [0.1, 0.15) is 11.5 Å². The number of nitrogen functional groups attached to an aromatic ring is 2. The number of benzene rings is 2. The molecule has 0 spiro atoms. The number of carbonyl (C=O) groups is 3. The summed E-state index contributed by atoms with van der Waals surface area (Å²) < 4.78 is 23.1. The van der Waals surface area contributed by atoms with Crippen LogP contribution in [0.3, 0.4) is 0 Å². The maximum Gasteiger partial charge on any atom is 0.274 e. The molecule has 0 saturated carbocycles. The van der Waals surface area contributed by atoms with Gasteiger partial charge in [0.25, 0.3) is 17.7 Å². The van der Waals surface area contributed by atoms with Crippen LogP contribution in [-0.2, 0) is 31.9 Å². The molecular weight excluding hydrogens is 740 g/mol. The summed E-state index contributed by atoms with van der Waals surface area (Å²) in [5.74, 6) is 0.788. The number of morpholine rings is 2. The highest BCUT2D eigenvalue weighted by atomic mass is 35.5. The van der Waals surface area contributed by atoms with Gasteiger partial charge in [0.15, 0.2) is 35.7 Å². The minimum Gasteiger partial charge on any atom is -0.484 e. The number of nitrogens with zero attached hydrogens (tertiary/aromatic N) is 5. The molecule has 302 valence electrons. The average Bonchev–Trinajstić information content (AvgIpc) is 3.22. The largest absolute Gasteiger partial charge is 0.484 e. The molecule has 1 aromatic heterocycles. The highest BCUT2D eigenvalue weighted by Crippen LogP contribution is 2.25. The van der Waals surface area contributed by atoms with Crippen molar-refractivity contribution in [1.29, 1.82) is 0 Å². The lowest BCUT2D eigenvalue weighted by molar-refractivity contribution is -0.933. The van der Waals surface area contributed by atoms with E-state index in [2.05, 4.69) is 39.6 Å². The average molecular weight is 794 g/mol. The number of quaternary nitrogens is 1. The van der Waals surface area contributed by atoms with E-state index < -0.39 is 5.91 Å². The van der Waals surface area contributed by atoms with Crippen LogP contribution in [0.15, 0.2) is 48.5 Å². The molecule has 0 radical (unpaired) electrons.